The number of rotatable bonds is 5. The van der Waals surface area contributed by atoms with Crippen molar-refractivity contribution >= 4 is 35.6 Å². The largest absolute Gasteiger partial charge is 0.352 e. The first kappa shape index (κ1) is 19.9. The van der Waals surface area contributed by atoms with Gasteiger partial charge in [-0.2, -0.15) is 0 Å². The molecule has 0 saturated carbocycles. The molecule has 0 atom stereocenters. The van der Waals surface area contributed by atoms with Gasteiger partial charge in [-0.05, 0) is 40.1 Å². The minimum Gasteiger partial charge on any atom is -0.352 e. The molecule has 2 amide bonds. The van der Waals surface area contributed by atoms with Gasteiger partial charge in [0.1, 0.15) is 0 Å². The highest BCUT2D eigenvalue weighted by Gasteiger charge is 2.21. The number of nitrogens with zero attached hydrogens (tertiary/aromatic N) is 1. The van der Waals surface area contributed by atoms with Crippen molar-refractivity contribution in [3.05, 3.63) is 56.8 Å². The Hall–Kier alpha value is -1.89. The van der Waals surface area contributed by atoms with E-state index < -0.39 is 0 Å². The highest BCUT2D eigenvalue weighted by molar-refractivity contribution is 7.10. The number of amides is 2. The van der Waals surface area contributed by atoms with Gasteiger partial charge in [-0.15, -0.1) is 23.7 Å². The third-order valence-corrected chi connectivity index (χ3v) is 6.14. The molecule has 5 nitrogen and oxygen atoms in total. The number of halogens is 1. The lowest BCUT2D eigenvalue weighted by Gasteiger charge is -2.27. The lowest BCUT2D eigenvalue weighted by atomic mass is 10.1. The minimum atomic E-state index is -0.0646. The summed E-state index contributed by atoms with van der Waals surface area (Å²) in [5, 5.41) is 8.34. The molecule has 2 aliphatic rings. The SMILES string of the molecule is Cl.O=C(CCC(=O)N1CCc2sccc2C1)NCc1ccc2c(c1)CNC2. The Morgan fingerprint density at radius 2 is 1.96 bits per heavy atom. The van der Waals surface area contributed by atoms with E-state index in [4.69, 9.17) is 0 Å². The zero-order valence-electron chi connectivity index (χ0n) is 15.1. The van der Waals surface area contributed by atoms with E-state index in [1.54, 1.807) is 11.3 Å². The molecular weight excluding hydrogens is 382 g/mol. The fourth-order valence-corrected chi connectivity index (χ4v) is 4.48. The van der Waals surface area contributed by atoms with Crippen molar-refractivity contribution in [2.75, 3.05) is 6.54 Å². The average molecular weight is 406 g/mol. The molecule has 0 unspecified atom stereocenters. The van der Waals surface area contributed by atoms with Crippen LogP contribution in [0.15, 0.2) is 29.6 Å². The van der Waals surface area contributed by atoms with Crippen LogP contribution in [0.1, 0.15) is 40.0 Å². The van der Waals surface area contributed by atoms with E-state index in [-0.39, 0.29) is 37.1 Å². The molecule has 0 saturated heterocycles. The van der Waals surface area contributed by atoms with Crippen molar-refractivity contribution in [3.8, 4) is 0 Å². The van der Waals surface area contributed by atoms with Crippen LogP contribution in [0.5, 0.6) is 0 Å². The van der Waals surface area contributed by atoms with Crippen LogP contribution in [-0.4, -0.2) is 23.3 Å². The normalized spacial score (nSPS) is 14.9. The zero-order valence-corrected chi connectivity index (χ0v) is 16.8. The smallest absolute Gasteiger partial charge is 0.223 e. The molecule has 2 N–H and O–H groups in total. The maximum Gasteiger partial charge on any atom is 0.223 e. The van der Waals surface area contributed by atoms with E-state index in [1.807, 2.05) is 4.90 Å². The molecule has 0 radical (unpaired) electrons. The number of nitrogens with one attached hydrogen (secondary N) is 2. The minimum absolute atomic E-state index is 0. The average Bonchev–Trinajstić information content (AvgIpc) is 3.32. The van der Waals surface area contributed by atoms with Crippen LogP contribution in [0.3, 0.4) is 0 Å². The molecule has 0 bridgehead atoms. The summed E-state index contributed by atoms with van der Waals surface area (Å²) < 4.78 is 0. The summed E-state index contributed by atoms with van der Waals surface area (Å²) in [6, 6.07) is 8.42. The van der Waals surface area contributed by atoms with Crippen LogP contribution in [-0.2, 0) is 42.2 Å². The second-order valence-corrected chi connectivity index (χ2v) is 7.92. The number of carbonyl (C=O) groups is 2. The van der Waals surface area contributed by atoms with Crippen molar-refractivity contribution in [1.29, 1.82) is 0 Å². The van der Waals surface area contributed by atoms with E-state index in [2.05, 4.69) is 40.3 Å². The van der Waals surface area contributed by atoms with Crippen LogP contribution in [0.2, 0.25) is 0 Å². The second kappa shape index (κ2) is 8.87. The molecule has 0 fully saturated rings. The number of thiophene rings is 1. The van der Waals surface area contributed by atoms with Crippen molar-refractivity contribution in [2.45, 2.75) is 45.4 Å². The molecule has 3 heterocycles. The molecule has 144 valence electrons. The van der Waals surface area contributed by atoms with Crippen molar-refractivity contribution in [3.63, 3.8) is 0 Å². The molecule has 1 aromatic carbocycles. The number of benzene rings is 1. The Bertz CT molecular complexity index is 836. The monoisotopic (exact) mass is 405 g/mol. The molecule has 0 spiro atoms. The van der Waals surface area contributed by atoms with Crippen molar-refractivity contribution in [2.24, 2.45) is 0 Å². The molecule has 27 heavy (non-hydrogen) atoms. The summed E-state index contributed by atoms with van der Waals surface area (Å²) in [4.78, 5) is 27.7. The highest BCUT2D eigenvalue weighted by Crippen LogP contribution is 2.24. The van der Waals surface area contributed by atoms with Gasteiger partial charge in [0.2, 0.25) is 11.8 Å². The maximum atomic E-state index is 12.4. The van der Waals surface area contributed by atoms with Crippen LogP contribution in [0.25, 0.3) is 0 Å². The number of hydrogen-bond acceptors (Lipinski definition) is 4. The topological polar surface area (TPSA) is 61.4 Å². The fraction of sp³-hybridized carbons (Fsp3) is 0.400. The van der Waals surface area contributed by atoms with Gasteiger partial charge in [0.25, 0.3) is 0 Å². The lowest BCUT2D eigenvalue weighted by Crippen LogP contribution is -2.36. The summed E-state index contributed by atoms with van der Waals surface area (Å²) in [5.74, 6) is 0.00538. The third-order valence-electron chi connectivity index (χ3n) is 5.12. The first-order valence-corrected chi connectivity index (χ1v) is 9.98. The van der Waals surface area contributed by atoms with E-state index in [0.717, 1.165) is 31.6 Å². The molecule has 7 heteroatoms. The highest BCUT2D eigenvalue weighted by atomic mass is 35.5. The third kappa shape index (κ3) is 4.69. The second-order valence-electron chi connectivity index (χ2n) is 6.92. The Kier molecular flexibility index (Phi) is 6.52. The van der Waals surface area contributed by atoms with Crippen LogP contribution in [0, 0.1) is 0 Å². The molecule has 2 aromatic rings. The van der Waals surface area contributed by atoms with Crippen LogP contribution < -0.4 is 10.6 Å². The van der Waals surface area contributed by atoms with Crippen molar-refractivity contribution in [1.82, 2.24) is 15.5 Å². The van der Waals surface area contributed by atoms with E-state index in [0.29, 0.717) is 13.1 Å². The molecule has 2 aliphatic heterocycles. The van der Waals surface area contributed by atoms with Gasteiger partial charge in [-0.3, -0.25) is 9.59 Å². The van der Waals surface area contributed by atoms with E-state index in [1.165, 1.54) is 21.6 Å². The predicted molar refractivity (Wildman–Crippen MR) is 109 cm³/mol. The first-order valence-electron chi connectivity index (χ1n) is 9.10. The zero-order chi connectivity index (χ0) is 17.9. The van der Waals surface area contributed by atoms with Crippen LogP contribution in [0.4, 0.5) is 0 Å². The lowest BCUT2D eigenvalue weighted by molar-refractivity contribution is -0.134. The van der Waals surface area contributed by atoms with Gasteiger partial charge in [0, 0.05) is 50.4 Å². The summed E-state index contributed by atoms with van der Waals surface area (Å²) >= 11 is 1.76. The van der Waals surface area contributed by atoms with E-state index in [9.17, 15) is 9.59 Å². The standard InChI is InChI=1S/C20H23N3O2S.ClH/c24-19(22-10-14-1-2-15-11-21-12-17(15)9-14)3-4-20(25)23-7-5-18-16(13-23)6-8-26-18;/h1-2,6,8-9,21H,3-5,7,10-13H2,(H,22,24);1H. The van der Waals surface area contributed by atoms with Gasteiger partial charge in [0.15, 0.2) is 0 Å². The quantitative estimate of drug-likeness (QED) is 0.804. The molecule has 0 aliphatic carbocycles. The Labute approximate surface area is 169 Å². The van der Waals surface area contributed by atoms with Gasteiger partial charge >= 0.3 is 0 Å². The fourth-order valence-electron chi connectivity index (χ4n) is 3.59. The predicted octanol–water partition coefficient (Wildman–Crippen LogP) is 2.75. The van der Waals surface area contributed by atoms with Gasteiger partial charge in [0.05, 0.1) is 0 Å². The van der Waals surface area contributed by atoms with E-state index >= 15 is 0 Å². The summed E-state index contributed by atoms with van der Waals surface area (Å²) in [6.07, 6.45) is 1.45. The molecule has 1 aromatic heterocycles. The first-order chi connectivity index (χ1) is 12.7. The van der Waals surface area contributed by atoms with Gasteiger partial charge in [-0.25, -0.2) is 0 Å². The van der Waals surface area contributed by atoms with Gasteiger partial charge in [-0.1, -0.05) is 18.2 Å². The Balaban J connectivity index is 0.00000210. The number of fused-ring (bicyclic) bond motifs is 2. The summed E-state index contributed by atoms with van der Waals surface area (Å²) in [6.45, 7) is 3.78. The molecular formula is C20H24ClN3O2S. The Morgan fingerprint density at radius 3 is 2.85 bits per heavy atom. The number of hydrogen-bond donors (Lipinski definition) is 2. The van der Waals surface area contributed by atoms with Crippen LogP contribution >= 0.6 is 23.7 Å². The Morgan fingerprint density at radius 1 is 1.11 bits per heavy atom. The summed E-state index contributed by atoms with van der Waals surface area (Å²) in [7, 11) is 0. The van der Waals surface area contributed by atoms with Gasteiger partial charge < -0.3 is 15.5 Å². The van der Waals surface area contributed by atoms with Crippen molar-refractivity contribution < 1.29 is 9.59 Å². The summed E-state index contributed by atoms with van der Waals surface area (Å²) in [5.41, 5.74) is 5.00. The maximum absolute atomic E-state index is 12.4. The number of carbonyl (C=O) groups excluding carboxylic acids is 2. The molecule has 4 rings (SSSR count).